The topological polar surface area (TPSA) is 49.8 Å². The molecule has 2 aromatic rings. The van der Waals surface area contributed by atoms with E-state index in [0.29, 0.717) is 24.6 Å². The molecular weight excluding hydrogens is 386 g/mol. The predicted octanol–water partition coefficient (Wildman–Crippen LogP) is 4.45. The molecule has 5 heteroatoms. The summed E-state index contributed by atoms with van der Waals surface area (Å²) in [5, 5.41) is 9.88. The fraction of sp³-hybridized carbons (Fsp3) is 0.458. The van der Waals surface area contributed by atoms with Crippen molar-refractivity contribution in [1.29, 1.82) is 0 Å². The molecule has 3 atom stereocenters. The first-order chi connectivity index (χ1) is 13.4. The lowest BCUT2D eigenvalue weighted by Gasteiger charge is -2.45. The van der Waals surface area contributed by atoms with E-state index in [1.165, 1.54) is 12.7 Å². The second kappa shape index (κ2) is 10.1. The van der Waals surface area contributed by atoms with Crippen LogP contribution in [0.2, 0.25) is 0 Å². The van der Waals surface area contributed by atoms with Crippen LogP contribution in [0.4, 0.5) is 0 Å². The van der Waals surface area contributed by atoms with Crippen LogP contribution in [0.1, 0.15) is 31.4 Å². The molecule has 0 saturated carbocycles. The lowest BCUT2D eigenvalue weighted by atomic mass is 9.68. The summed E-state index contributed by atoms with van der Waals surface area (Å²) in [6.45, 7) is 7.11. The van der Waals surface area contributed by atoms with Crippen LogP contribution in [0.25, 0.3) is 0 Å². The summed E-state index contributed by atoms with van der Waals surface area (Å²) in [6, 6.07) is 17.8. The van der Waals surface area contributed by atoms with Gasteiger partial charge in [0.25, 0.3) is 0 Å². The normalized spacial score (nSPS) is 23.1. The maximum atomic E-state index is 12.4. The molecule has 0 unspecified atom stereocenters. The Hall–Kier alpha value is -2.04. The molecule has 1 aliphatic heterocycles. The van der Waals surface area contributed by atoms with Crippen LogP contribution in [0.15, 0.2) is 54.6 Å². The van der Waals surface area contributed by atoms with E-state index in [1.807, 2.05) is 30.3 Å². The van der Waals surface area contributed by atoms with Crippen molar-refractivity contribution >= 4 is 18.4 Å². The van der Waals surface area contributed by atoms with Crippen LogP contribution in [-0.2, 0) is 21.4 Å². The molecule has 0 aromatic heterocycles. The van der Waals surface area contributed by atoms with E-state index in [-0.39, 0.29) is 29.7 Å². The van der Waals surface area contributed by atoms with Gasteiger partial charge in [0.15, 0.2) is 0 Å². The second-order valence-electron chi connectivity index (χ2n) is 8.29. The van der Waals surface area contributed by atoms with Crippen LogP contribution in [-0.4, -0.2) is 42.7 Å². The van der Waals surface area contributed by atoms with Crippen molar-refractivity contribution in [2.75, 3.05) is 26.7 Å². The Balaban J connectivity index is 0.00000300. The number of carbonyl (C=O) groups excluding carboxylic acids is 1. The average Bonchev–Trinajstić information content (AvgIpc) is 2.70. The largest absolute Gasteiger partial charge is 0.508 e. The van der Waals surface area contributed by atoms with Crippen LogP contribution in [0.5, 0.6) is 5.75 Å². The van der Waals surface area contributed by atoms with E-state index in [4.69, 9.17) is 4.74 Å². The van der Waals surface area contributed by atoms with Gasteiger partial charge < -0.3 is 14.7 Å². The Labute approximate surface area is 180 Å². The van der Waals surface area contributed by atoms with Gasteiger partial charge in [-0.3, -0.25) is 4.79 Å². The van der Waals surface area contributed by atoms with Gasteiger partial charge in [-0.1, -0.05) is 56.3 Å². The number of halogens is 1. The van der Waals surface area contributed by atoms with E-state index >= 15 is 0 Å². The van der Waals surface area contributed by atoms with Crippen molar-refractivity contribution in [1.82, 2.24) is 4.90 Å². The zero-order valence-electron chi connectivity index (χ0n) is 17.5. The molecule has 1 heterocycles. The molecule has 1 fully saturated rings. The van der Waals surface area contributed by atoms with Gasteiger partial charge in [0, 0.05) is 13.1 Å². The van der Waals surface area contributed by atoms with E-state index in [2.05, 4.69) is 36.9 Å². The van der Waals surface area contributed by atoms with Gasteiger partial charge in [-0.2, -0.15) is 0 Å². The van der Waals surface area contributed by atoms with Crippen LogP contribution >= 0.6 is 12.4 Å². The Morgan fingerprint density at radius 1 is 1.24 bits per heavy atom. The highest BCUT2D eigenvalue weighted by Crippen LogP contribution is 2.40. The maximum absolute atomic E-state index is 12.4. The molecule has 1 saturated heterocycles. The minimum Gasteiger partial charge on any atom is -0.508 e. The molecule has 0 aliphatic carbocycles. The zero-order chi connectivity index (χ0) is 20.1. The quantitative estimate of drug-likeness (QED) is 0.705. The van der Waals surface area contributed by atoms with E-state index in [9.17, 15) is 9.90 Å². The van der Waals surface area contributed by atoms with Crippen LogP contribution < -0.4 is 0 Å². The first kappa shape index (κ1) is 23.2. The van der Waals surface area contributed by atoms with Gasteiger partial charge in [0.05, 0.1) is 13.0 Å². The van der Waals surface area contributed by atoms with Gasteiger partial charge in [-0.25, -0.2) is 0 Å². The molecule has 2 aromatic carbocycles. The summed E-state index contributed by atoms with van der Waals surface area (Å²) in [5.74, 6) is 0.433. The van der Waals surface area contributed by atoms with Crippen molar-refractivity contribution in [3.63, 3.8) is 0 Å². The predicted molar refractivity (Wildman–Crippen MR) is 119 cm³/mol. The van der Waals surface area contributed by atoms with Crippen molar-refractivity contribution in [3.05, 3.63) is 65.7 Å². The fourth-order valence-electron chi connectivity index (χ4n) is 4.37. The number of esters is 1. The van der Waals surface area contributed by atoms with Gasteiger partial charge in [-0.15, -0.1) is 12.4 Å². The number of carbonyl (C=O) groups is 1. The Morgan fingerprint density at radius 2 is 1.97 bits per heavy atom. The molecule has 0 spiro atoms. The summed E-state index contributed by atoms with van der Waals surface area (Å²) >= 11 is 0. The smallest absolute Gasteiger partial charge is 0.310 e. The monoisotopic (exact) mass is 417 g/mol. The molecule has 4 nitrogen and oxygen atoms in total. The highest BCUT2D eigenvalue weighted by Gasteiger charge is 2.39. The molecule has 0 amide bonds. The number of benzene rings is 2. The van der Waals surface area contributed by atoms with E-state index in [1.54, 1.807) is 6.07 Å². The lowest BCUT2D eigenvalue weighted by Crippen LogP contribution is -2.49. The number of piperidine rings is 1. The van der Waals surface area contributed by atoms with Crippen molar-refractivity contribution < 1.29 is 14.6 Å². The summed E-state index contributed by atoms with van der Waals surface area (Å²) in [6.07, 6.45) is 1.69. The molecular formula is C24H32ClNO3. The second-order valence-corrected chi connectivity index (χ2v) is 8.29. The minimum absolute atomic E-state index is 0. The first-order valence-corrected chi connectivity index (χ1v) is 10.1. The van der Waals surface area contributed by atoms with Gasteiger partial charge in [0.1, 0.15) is 5.75 Å². The minimum atomic E-state index is -0.162. The summed E-state index contributed by atoms with van der Waals surface area (Å²) in [4.78, 5) is 14.8. The Morgan fingerprint density at radius 3 is 2.59 bits per heavy atom. The van der Waals surface area contributed by atoms with Gasteiger partial charge in [0.2, 0.25) is 0 Å². The molecule has 158 valence electrons. The number of methoxy groups -OCH3 is 1. The van der Waals surface area contributed by atoms with E-state index in [0.717, 1.165) is 25.1 Å². The highest BCUT2D eigenvalue weighted by atomic mass is 35.5. The molecule has 1 aliphatic rings. The van der Waals surface area contributed by atoms with Crippen LogP contribution in [0.3, 0.4) is 0 Å². The highest BCUT2D eigenvalue weighted by molar-refractivity contribution is 5.85. The van der Waals surface area contributed by atoms with Gasteiger partial charge >= 0.3 is 5.97 Å². The number of phenolic OH excluding ortho intramolecular Hbond substituents is 1. The molecule has 29 heavy (non-hydrogen) atoms. The van der Waals surface area contributed by atoms with Crippen LogP contribution in [0, 0.1) is 11.8 Å². The first-order valence-electron chi connectivity index (χ1n) is 10.1. The third-order valence-electron chi connectivity index (χ3n) is 6.41. The number of ether oxygens (including phenoxy) is 1. The third-order valence-corrected chi connectivity index (χ3v) is 6.41. The number of hydrogen-bond acceptors (Lipinski definition) is 4. The molecule has 0 bridgehead atoms. The summed E-state index contributed by atoms with van der Waals surface area (Å²) in [7, 11) is 1.47. The number of rotatable bonds is 6. The maximum Gasteiger partial charge on any atom is 0.310 e. The molecule has 3 rings (SSSR count). The van der Waals surface area contributed by atoms with E-state index < -0.39 is 0 Å². The zero-order valence-corrected chi connectivity index (χ0v) is 18.3. The molecule has 1 N–H and O–H groups in total. The number of likely N-dealkylation sites (tertiary alicyclic amines) is 1. The number of phenols is 1. The number of nitrogens with zero attached hydrogens (tertiary/aromatic N) is 1. The summed E-state index contributed by atoms with van der Waals surface area (Å²) in [5.41, 5.74) is 2.37. The van der Waals surface area contributed by atoms with Crippen molar-refractivity contribution in [3.8, 4) is 5.75 Å². The van der Waals surface area contributed by atoms with Crippen molar-refractivity contribution in [2.45, 2.75) is 32.1 Å². The number of aromatic hydroxyl groups is 1. The average molecular weight is 418 g/mol. The molecule has 0 radical (unpaired) electrons. The standard InChI is InChI=1S/C24H31NO3.ClH/c1-18-16-25(13-12-24(18,2)21-10-7-11-22(26)15-21)17-20(23(27)28-3)14-19-8-5-4-6-9-19;/h4-11,15,18,20,26H,12-14,16-17H2,1-3H3;1H/t18-,20+,24+;/m0./s1. The third kappa shape index (κ3) is 5.52. The van der Waals surface area contributed by atoms with Crippen molar-refractivity contribution in [2.24, 2.45) is 11.8 Å². The fourth-order valence-corrected chi connectivity index (χ4v) is 4.37. The Bertz CT molecular complexity index is 798. The Kier molecular flexibility index (Phi) is 8.12. The van der Waals surface area contributed by atoms with Gasteiger partial charge in [-0.05, 0) is 54.0 Å². The summed E-state index contributed by atoms with van der Waals surface area (Å²) < 4.78 is 5.08. The SMILES string of the molecule is COC(=O)[C@H](Cc1ccccc1)CN1CC[C@@](C)(c2cccc(O)c2)[C@@H](C)C1.Cl. The lowest BCUT2D eigenvalue weighted by molar-refractivity contribution is -0.146. The number of hydrogen-bond donors (Lipinski definition) is 1.